The summed E-state index contributed by atoms with van der Waals surface area (Å²) in [6.45, 7) is 7.22. The number of anilines is 2. The average Bonchev–Trinajstić information content (AvgIpc) is 3.10. The molecule has 0 saturated carbocycles. The van der Waals surface area contributed by atoms with Crippen LogP contribution in [0.4, 0.5) is 11.8 Å². The number of nitrogens with zero attached hydrogens (tertiary/aromatic N) is 5. The van der Waals surface area contributed by atoms with E-state index in [9.17, 15) is 4.79 Å². The van der Waals surface area contributed by atoms with Crippen molar-refractivity contribution >= 4 is 17.7 Å². The maximum Gasteiger partial charge on any atom is 0.225 e. The minimum atomic E-state index is -0.109. The third kappa shape index (κ3) is 2.93. The SMILES string of the molecule is CC(=O)Nc1ccn([C@H]2CCN(c3ncc(C)c(C)n3)C2)n1. The maximum absolute atomic E-state index is 11.1. The minimum Gasteiger partial charge on any atom is -0.339 e. The first-order valence-corrected chi connectivity index (χ1v) is 7.41. The summed E-state index contributed by atoms with van der Waals surface area (Å²) in [5.41, 5.74) is 2.12. The van der Waals surface area contributed by atoms with E-state index in [0.717, 1.165) is 36.7 Å². The lowest BCUT2D eigenvalue weighted by molar-refractivity contribution is -0.114. The number of hydrogen-bond acceptors (Lipinski definition) is 5. The second kappa shape index (κ2) is 5.75. The Morgan fingerprint density at radius 3 is 2.95 bits per heavy atom. The molecule has 1 aliphatic heterocycles. The largest absolute Gasteiger partial charge is 0.339 e. The molecular weight excluding hydrogens is 280 g/mol. The number of aryl methyl sites for hydroxylation is 2. The van der Waals surface area contributed by atoms with Gasteiger partial charge in [-0.25, -0.2) is 9.97 Å². The van der Waals surface area contributed by atoms with Crippen LogP contribution < -0.4 is 10.2 Å². The van der Waals surface area contributed by atoms with Crippen molar-refractivity contribution in [2.24, 2.45) is 0 Å². The number of amides is 1. The van der Waals surface area contributed by atoms with Gasteiger partial charge in [0.05, 0.1) is 6.04 Å². The van der Waals surface area contributed by atoms with Crippen molar-refractivity contribution in [1.29, 1.82) is 0 Å². The summed E-state index contributed by atoms with van der Waals surface area (Å²) in [6.07, 6.45) is 4.76. The van der Waals surface area contributed by atoms with Crippen molar-refractivity contribution in [2.75, 3.05) is 23.3 Å². The molecule has 0 bridgehead atoms. The lowest BCUT2D eigenvalue weighted by Crippen LogP contribution is -2.23. The molecule has 0 aliphatic carbocycles. The standard InChI is InChI=1S/C15H20N6O/c1-10-8-16-15(17-11(10)2)20-6-4-13(9-20)21-7-5-14(19-21)18-12(3)22/h5,7-8,13H,4,6,9H2,1-3H3,(H,18,19,22)/t13-/m0/s1. The lowest BCUT2D eigenvalue weighted by atomic mass is 10.3. The van der Waals surface area contributed by atoms with Crippen molar-refractivity contribution in [3.8, 4) is 0 Å². The molecule has 1 N–H and O–H groups in total. The predicted molar refractivity (Wildman–Crippen MR) is 83.9 cm³/mol. The van der Waals surface area contributed by atoms with Crippen molar-refractivity contribution in [3.63, 3.8) is 0 Å². The Kier molecular flexibility index (Phi) is 3.79. The highest BCUT2D eigenvalue weighted by molar-refractivity contribution is 5.87. The Hall–Kier alpha value is -2.44. The van der Waals surface area contributed by atoms with Crippen LogP contribution in [0, 0.1) is 13.8 Å². The Balaban J connectivity index is 1.70. The molecule has 1 saturated heterocycles. The van der Waals surface area contributed by atoms with Gasteiger partial charge in [-0.3, -0.25) is 9.48 Å². The maximum atomic E-state index is 11.1. The summed E-state index contributed by atoms with van der Waals surface area (Å²) in [4.78, 5) is 22.2. The summed E-state index contributed by atoms with van der Waals surface area (Å²) in [7, 11) is 0. The van der Waals surface area contributed by atoms with Crippen LogP contribution in [0.5, 0.6) is 0 Å². The molecule has 0 spiro atoms. The number of aromatic nitrogens is 4. The first kappa shape index (κ1) is 14.5. The van der Waals surface area contributed by atoms with Crippen LogP contribution in [0.25, 0.3) is 0 Å². The molecule has 7 heteroatoms. The van der Waals surface area contributed by atoms with Gasteiger partial charge in [-0.2, -0.15) is 5.10 Å². The van der Waals surface area contributed by atoms with E-state index in [-0.39, 0.29) is 11.9 Å². The van der Waals surface area contributed by atoms with Gasteiger partial charge >= 0.3 is 0 Å². The highest BCUT2D eigenvalue weighted by Gasteiger charge is 2.26. The molecule has 1 aliphatic rings. The first-order valence-electron chi connectivity index (χ1n) is 7.41. The van der Waals surface area contributed by atoms with Crippen LogP contribution in [-0.4, -0.2) is 38.7 Å². The van der Waals surface area contributed by atoms with Crippen molar-refractivity contribution < 1.29 is 4.79 Å². The van der Waals surface area contributed by atoms with E-state index in [0.29, 0.717) is 5.82 Å². The van der Waals surface area contributed by atoms with E-state index in [1.54, 1.807) is 0 Å². The van der Waals surface area contributed by atoms with Crippen molar-refractivity contribution in [2.45, 2.75) is 33.2 Å². The molecule has 116 valence electrons. The molecule has 3 heterocycles. The number of rotatable bonds is 3. The van der Waals surface area contributed by atoms with Gasteiger partial charge in [0.15, 0.2) is 5.82 Å². The van der Waals surface area contributed by atoms with E-state index >= 15 is 0 Å². The number of nitrogens with one attached hydrogen (secondary N) is 1. The van der Waals surface area contributed by atoms with E-state index in [2.05, 4.69) is 25.3 Å². The summed E-state index contributed by atoms with van der Waals surface area (Å²) in [6, 6.07) is 2.09. The van der Waals surface area contributed by atoms with E-state index < -0.39 is 0 Å². The van der Waals surface area contributed by atoms with Gasteiger partial charge < -0.3 is 10.2 Å². The average molecular weight is 300 g/mol. The van der Waals surface area contributed by atoms with Crippen LogP contribution in [0.3, 0.4) is 0 Å². The molecular formula is C15H20N6O. The summed E-state index contributed by atoms with van der Waals surface area (Å²) >= 11 is 0. The zero-order valence-corrected chi connectivity index (χ0v) is 13.1. The molecule has 1 atom stereocenters. The zero-order chi connectivity index (χ0) is 15.7. The van der Waals surface area contributed by atoms with Gasteiger partial charge in [-0.05, 0) is 25.8 Å². The van der Waals surface area contributed by atoms with Gasteiger partial charge in [-0.15, -0.1) is 0 Å². The zero-order valence-electron chi connectivity index (χ0n) is 13.1. The molecule has 22 heavy (non-hydrogen) atoms. The molecule has 3 rings (SSSR count). The topological polar surface area (TPSA) is 75.9 Å². The number of carbonyl (C=O) groups is 1. The molecule has 1 amide bonds. The number of hydrogen-bond donors (Lipinski definition) is 1. The van der Waals surface area contributed by atoms with Crippen LogP contribution in [-0.2, 0) is 4.79 Å². The molecule has 2 aromatic rings. The summed E-state index contributed by atoms with van der Waals surface area (Å²) in [5.74, 6) is 1.26. The van der Waals surface area contributed by atoms with Crippen LogP contribution in [0.2, 0.25) is 0 Å². The fraction of sp³-hybridized carbons (Fsp3) is 0.467. The highest BCUT2D eigenvalue weighted by atomic mass is 16.1. The Labute approximate surface area is 129 Å². The lowest BCUT2D eigenvalue weighted by Gasteiger charge is -2.17. The van der Waals surface area contributed by atoms with Gasteiger partial charge in [-0.1, -0.05) is 0 Å². The Bertz CT molecular complexity index is 695. The third-order valence-corrected chi connectivity index (χ3v) is 3.94. The van der Waals surface area contributed by atoms with E-state index in [1.165, 1.54) is 6.92 Å². The molecule has 7 nitrogen and oxygen atoms in total. The van der Waals surface area contributed by atoms with Crippen molar-refractivity contribution in [3.05, 3.63) is 29.7 Å². The molecule has 2 aromatic heterocycles. The minimum absolute atomic E-state index is 0.109. The van der Waals surface area contributed by atoms with Gasteiger partial charge in [0.2, 0.25) is 11.9 Å². The molecule has 1 fully saturated rings. The fourth-order valence-corrected chi connectivity index (χ4v) is 2.60. The Morgan fingerprint density at radius 2 is 2.23 bits per heavy atom. The van der Waals surface area contributed by atoms with Gasteiger partial charge in [0.1, 0.15) is 0 Å². The van der Waals surface area contributed by atoms with Gasteiger partial charge in [0, 0.05) is 44.2 Å². The second-order valence-corrected chi connectivity index (χ2v) is 5.69. The summed E-state index contributed by atoms with van der Waals surface area (Å²) < 4.78 is 1.91. The first-order chi connectivity index (χ1) is 10.5. The Morgan fingerprint density at radius 1 is 1.41 bits per heavy atom. The van der Waals surface area contributed by atoms with E-state index in [4.69, 9.17) is 0 Å². The van der Waals surface area contributed by atoms with Crippen LogP contribution >= 0.6 is 0 Å². The molecule has 0 aromatic carbocycles. The van der Waals surface area contributed by atoms with Crippen LogP contribution in [0.1, 0.15) is 30.6 Å². The smallest absolute Gasteiger partial charge is 0.225 e. The second-order valence-electron chi connectivity index (χ2n) is 5.69. The third-order valence-electron chi connectivity index (χ3n) is 3.94. The predicted octanol–water partition coefficient (Wildman–Crippen LogP) is 1.70. The fourth-order valence-electron chi connectivity index (χ4n) is 2.60. The molecule has 0 unspecified atom stereocenters. The van der Waals surface area contributed by atoms with Crippen LogP contribution in [0.15, 0.2) is 18.5 Å². The monoisotopic (exact) mass is 300 g/mol. The summed E-state index contributed by atoms with van der Waals surface area (Å²) in [5, 5.41) is 7.11. The quantitative estimate of drug-likeness (QED) is 0.933. The molecule has 0 radical (unpaired) electrons. The van der Waals surface area contributed by atoms with Crippen molar-refractivity contribution in [1.82, 2.24) is 19.7 Å². The normalized spacial score (nSPS) is 17.8. The highest BCUT2D eigenvalue weighted by Crippen LogP contribution is 2.25. The van der Waals surface area contributed by atoms with E-state index in [1.807, 2.05) is 37.0 Å². The number of carbonyl (C=O) groups excluding carboxylic acids is 1. The van der Waals surface area contributed by atoms with Gasteiger partial charge in [0.25, 0.3) is 0 Å².